The Labute approximate surface area is 137 Å². The SMILES string of the molecule is C[C@@H]1CCc2c(sc3ncn4c(-c5ccccc5)nnc4c23)C1. The van der Waals surface area contributed by atoms with Gasteiger partial charge in [0.25, 0.3) is 0 Å². The van der Waals surface area contributed by atoms with Gasteiger partial charge in [0.1, 0.15) is 11.2 Å². The van der Waals surface area contributed by atoms with E-state index in [4.69, 9.17) is 4.98 Å². The van der Waals surface area contributed by atoms with E-state index in [9.17, 15) is 0 Å². The molecule has 0 fully saturated rings. The van der Waals surface area contributed by atoms with Gasteiger partial charge in [-0.05, 0) is 30.7 Å². The number of nitrogens with zero attached hydrogens (tertiary/aromatic N) is 4. The van der Waals surface area contributed by atoms with E-state index in [2.05, 4.69) is 29.3 Å². The number of hydrogen-bond acceptors (Lipinski definition) is 4. The molecule has 3 heterocycles. The topological polar surface area (TPSA) is 43.1 Å². The zero-order valence-corrected chi connectivity index (χ0v) is 13.7. The molecule has 1 atom stereocenters. The molecular formula is C18H16N4S. The first-order valence-corrected chi connectivity index (χ1v) is 8.82. The molecule has 0 spiro atoms. The molecule has 1 aliphatic carbocycles. The van der Waals surface area contributed by atoms with E-state index in [1.54, 1.807) is 0 Å². The van der Waals surface area contributed by atoms with Crippen LogP contribution in [0, 0.1) is 5.92 Å². The highest BCUT2D eigenvalue weighted by molar-refractivity contribution is 7.19. The molecule has 5 heteroatoms. The standard InChI is InChI=1S/C18H16N4S/c1-11-7-8-13-14(9-11)23-18-15(13)17-21-20-16(22(17)10-19-18)12-5-3-2-4-6-12/h2-6,10-11H,7-9H2,1H3/t11-/m1/s1. The Bertz CT molecular complexity index is 1020. The van der Waals surface area contributed by atoms with Crippen LogP contribution in [0.3, 0.4) is 0 Å². The smallest absolute Gasteiger partial charge is 0.172 e. The van der Waals surface area contributed by atoms with Crippen LogP contribution in [0.25, 0.3) is 27.3 Å². The predicted molar refractivity (Wildman–Crippen MR) is 92.8 cm³/mol. The first-order chi connectivity index (χ1) is 11.3. The first kappa shape index (κ1) is 13.2. The van der Waals surface area contributed by atoms with Crippen LogP contribution in [-0.4, -0.2) is 19.6 Å². The maximum atomic E-state index is 4.70. The van der Waals surface area contributed by atoms with Crippen molar-refractivity contribution in [1.29, 1.82) is 0 Å². The molecule has 0 bridgehead atoms. The zero-order chi connectivity index (χ0) is 15.4. The van der Waals surface area contributed by atoms with Crippen LogP contribution in [-0.2, 0) is 12.8 Å². The lowest BCUT2D eigenvalue weighted by molar-refractivity contribution is 0.509. The van der Waals surface area contributed by atoms with Crippen LogP contribution < -0.4 is 0 Å². The van der Waals surface area contributed by atoms with Crippen LogP contribution in [0.5, 0.6) is 0 Å². The third-order valence-corrected chi connectivity index (χ3v) is 5.90. The number of aromatic nitrogens is 4. The van der Waals surface area contributed by atoms with Crippen molar-refractivity contribution in [2.24, 2.45) is 5.92 Å². The Balaban J connectivity index is 1.80. The zero-order valence-electron chi connectivity index (χ0n) is 12.9. The maximum absolute atomic E-state index is 4.70. The minimum Gasteiger partial charge on any atom is -0.265 e. The summed E-state index contributed by atoms with van der Waals surface area (Å²) in [5, 5.41) is 10.2. The Morgan fingerprint density at radius 3 is 2.91 bits per heavy atom. The van der Waals surface area contributed by atoms with E-state index in [0.717, 1.165) is 34.2 Å². The number of fused-ring (bicyclic) bond motifs is 5. The molecule has 0 radical (unpaired) electrons. The molecular weight excluding hydrogens is 304 g/mol. The summed E-state index contributed by atoms with van der Waals surface area (Å²) < 4.78 is 2.03. The van der Waals surface area contributed by atoms with Crippen LogP contribution in [0.15, 0.2) is 36.7 Å². The summed E-state index contributed by atoms with van der Waals surface area (Å²) >= 11 is 1.83. The Morgan fingerprint density at radius 1 is 1.17 bits per heavy atom. The minimum absolute atomic E-state index is 0.768. The predicted octanol–water partition coefficient (Wildman–Crippen LogP) is 4.13. The summed E-state index contributed by atoms with van der Waals surface area (Å²) in [7, 11) is 0. The van der Waals surface area contributed by atoms with Crippen molar-refractivity contribution in [2.45, 2.75) is 26.2 Å². The van der Waals surface area contributed by atoms with Crippen molar-refractivity contribution < 1.29 is 0 Å². The van der Waals surface area contributed by atoms with Gasteiger partial charge in [0.15, 0.2) is 11.5 Å². The molecule has 1 aliphatic rings. The second kappa shape index (κ2) is 4.86. The molecule has 1 aromatic carbocycles. The van der Waals surface area contributed by atoms with Gasteiger partial charge in [-0.3, -0.25) is 4.40 Å². The van der Waals surface area contributed by atoms with Crippen molar-refractivity contribution in [1.82, 2.24) is 19.6 Å². The fourth-order valence-corrected chi connectivity index (χ4v) is 4.87. The summed E-state index contributed by atoms with van der Waals surface area (Å²) in [5.41, 5.74) is 3.47. The third kappa shape index (κ3) is 1.93. The van der Waals surface area contributed by atoms with Gasteiger partial charge in [-0.15, -0.1) is 21.5 Å². The lowest BCUT2D eigenvalue weighted by atomic mass is 9.89. The molecule has 23 heavy (non-hydrogen) atoms. The summed E-state index contributed by atoms with van der Waals surface area (Å²) in [4.78, 5) is 7.29. The average Bonchev–Trinajstić information content (AvgIpc) is 3.15. The Kier molecular flexibility index (Phi) is 2.79. The molecule has 4 aromatic rings. The number of rotatable bonds is 1. The van der Waals surface area contributed by atoms with Gasteiger partial charge >= 0.3 is 0 Å². The van der Waals surface area contributed by atoms with E-state index < -0.39 is 0 Å². The van der Waals surface area contributed by atoms with E-state index >= 15 is 0 Å². The quantitative estimate of drug-likeness (QED) is 0.529. The van der Waals surface area contributed by atoms with Gasteiger partial charge in [-0.1, -0.05) is 37.3 Å². The largest absolute Gasteiger partial charge is 0.265 e. The van der Waals surface area contributed by atoms with Gasteiger partial charge < -0.3 is 0 Å². The number of thiophene rings is 1. The van der Waals surface area contributed by atoms with Crippen molar-refractivity contribution in [3.63, 3.8) is 0 Å². The van der Waals surface area contributed by atoms with Crippen LogP contribution in [0.1, 0.15) is 23.8 Å². The Hall–Kier alpha value is -2.27. The van der Waals surface area contributed by atoms with Crippen LogP contribution in [0.2, 0.25) is 0 Å². The molecule has 0 saturated carbocycles. The Morgan fingerprint density at radius 2 is 2.04 bits per heavy atom. The molecule has 4 nitrogen and oxygen atoms in total. The van der Waals surface area contributed by atoms with Gasteiger partial charge in [0.05, 0.1) is 5.39 Å². The highest BCUT2D eigenvalue weighted by Gasteiger charge is 2.23. The second-order valence-electron chi connectivity index (χ2n) is 6.36. The number of hydrogen-bond donors (Lipinski definition) is 0. The highest BCUT2D eigenvalue weighted by Crippen LogP contribution is 2.39. The van der Waals surface area contributed by atoms with Gasteiger partial charge in [0, 0.05) is 10.4 Å². The molecule has 0 amide bonds. The molecule has 0 N–H and O–H groups in total. The molecule has 3 aromatic heterocycles. The van der Waals surface area contributed by atoms with Crippen molar-refractivity contribution in [3.05, 3.63) is 47.1 Å². The highest BCUT2D eigenvalue weighted by atomic mass is 32.1. The fourth-order valence-electron chi connectivity index (χ4n) is 3.52. The summed E-state index contributed by atoms with van der Waals surface area (Å²) in [5.74, 6) is 1.63. The second-order valence-corrected chi connectivity index (χ2v) is 7.44. The third-order valence-electron chi connectivity index (χ3n) is 4.73. The minimum atomic E-state index is 0.768. The van der Waals surface area contributed by atoms with Crippen molar-refractivity contribution in [2.75, 3.05) is 0 Å². The summed E-state index contributed by atoms with van der Waals surface area (Å²) in [6.07, 6.45) is 5.42. The van der Waals surface area contributed by atoms with Crippen molar-refractivity contribution in [3.8, 4) is 11.4 Å². The van der Waals surface area contributed by atoms with Gasteiger partial charge in [-0.25, -0.2) is 4.98 Å². The van der Waals surface area contributed by atoms with E-state index in [1.807, 2.05) is 40.3 Å². The van der Waals surface area contributed by atoms with Gasteiger partial charge in [-0.2, -0.15) is 0 Å². The normalized spacial score (nSPS) is 17.7. The molecule has 0 unspecified atom stereocenters. The monoisotopic (exact) mass is 320 g/mol. The summed E-state index contributed by atoms with van der Waals surface area (Å²) in [6.45, 7) is 2.33. The van der Waals surface area contributed by atoms with E-state index in [-0.39, 0.29) is 0 Å². The molecule has 0 saturated heterocycles. The number of aryl methyl sites for hydroxylation is 1. The maximum Gasteiger partial charge on any atom is 0.172 e. The average molecular weight is 320 g/mol. The van der Waals surface area contributed by atoms with Crippen LogP contribution >= 0.6 is 11.3 Å². The molecule has 5 rings (SSSR count). The van der Waals surface area contributed by atoms with Crippen LogP contribution in [0.4, 0.5) is 0 Å². The summed E-state index contributed by atoms with van der Waals surface area (Å²) in [6, 6.07) is 10.2. The number of benzene rings is 1. The first-order valence-electron chi connectivity index (χ1n) is 8.00. The molecule has 114 valence electrons. The van der Waals surface area contributed by atoms with E-state index in [1.165, 1.54) is 28.7 Å². The van der Waals surface area contributed by atoms with E-state index in [0.29, 0.717) is 0 Å². The van der Waals surface area contributed by atoms with Gasteiger partial charge in [0.2, 0.25) is 0 Å². The molecule has 0 aliphatic heterocycles. The lowest BCUT2D eigenvalue weighted by Gasteiger charge is -2.17. The fraction of sp³-hybridized carbons (Fsp3) is 0.278. The lowest BCUT2D eigenvalue weighted by Crippen LogP contribution is -2.08. The van der Waals surface area contributed by atoms with Crippen molar-refractivity contribution >= 4 is 27.2 Å².